The second-order valence-electron chi connectivity index (χ2n) is 21.1. The number of hydrogen-bond donors (Lipinski definition) is 0. The molecule has 12 bridgehead atoms. The van der Waals surface area contributed by atoms with Crippen molar-refractivity contribution in [3.63, 3.8) is 0 Å². The smallest absolute Gasteiger partial charge is 0.239 e. The lowest BCUT2D eigenvalue weighted by molar-refractivity contribution is 0.319. The Bertz CT molecular complexity index is 2810. The van der Waals surface area contributed by atoms with Gasteiger partial charge >= 0.3 is 0 Å². The molecule has 23 rings (SSSR count). The van der Waals surface area contributed by atoms with E-state index in [0.717, 1.165) is 147 Å². The topological polar surface area (TPSA) is 119 Å². The van der Waals surface area contributed by atoms with E-state index in [0.29, 0.717) is 131 Å². The van der Waals surface area contributed by atoms with Crippen molar-refractivity contribution < 1.29 is 56.8 Å². The monoisotopic (exact) mass is 1220 g/mol. The van der Waals surface area contributed by atoms with Crippen molar-refractivity contribution >= 4 is 0 Å². The molecule has 7 aromatic carbocycles. The van der Waals surface area contributed by atoms with Crippen molar-refractivity contribution in [3.05, 3.63) is 198 Å². The molecule has 0 heterocycles. The average molecular weight is 1230 g/mol. The Morgan fingerprint density at radius 1 is 0.222 bits per heavy atom. The van der Waals surface area contributed by atoms with Gasteiger partial charge in [0.2, 0.25) is 13.1 Å². The molecule has 14 nitrogen and oxygen atoms in total. The Morgan fingerprint density at radius 2 is 0.333 bits per heavy atom. The Hall–Kier alpha value is -8.88. The molecule has 14 heteroatoms. The van der Waals surface area contributed by atoms with Gasteiger partial charge in [-0.15, -0.1) is 0 Å². The maximum Gasteiger partial charge on any atom is 0.239 e. The van der Waals surface area contributed by atoms with Gasteiger partial charge in [0.1, 0.15) is 69.0 Å². The van der Waals surface area contributed by atoms with Crippen LogP contribution in [0.4, 0.5) is 0 Å². The van der Waals surface area contributed by atoms with Gasteiger partial charge in [-0.25, -0.2) is 13.1 Å². The van der Waals surface area contributed by atoms with Crippen LogP contribution in [0, 0.1) is 13.1 Å². The summed E-state index contributed by atoms with van der Waals surface area (Å²) >= 11 is 0. The molecule has 0 unspecified atom stereocenters. The third-order valence-electron chi connectivity index (χ3n) is 14.9. The molecule has 7 aromatic rings. The zero-order chi connectivity index (χ0) is 64.4. The Balaban J connectivity index is 0.000000858. The largest absolute Gasteiger partial charge is 0.494 e. The molecule has 0 saturated heterocycles. The van der Waals surface area contributed by atoms with Gasteiger partial charge in [-0.3, -0.25) is 0 Å². The molecule has 0 saturated carbocycles. The van der Waals surface area contributed by atoms with Crippen LogP contribution in [0.2, 0.25) is 0 Å². The number of ether oxygens (including phenoxy) is 12. The first-order chi connectivity index (χ1) is 43.9. The summed E-state index contributed by atoms with van der Waals surface area (Å²) < 4.78 is 78.0. The van der Waals surface area contributed by atoms with Crippen LogP contribution in [0.5, 0.6) is 69.0 Å². The summed E-state index contributed by atoms with van der Waals surface area (Å²) in [7, 11) is 0. The van der Waals surface area contributed by atoms with Gasteiger partial charge in [0, 0.05) is 116 Å². The van der Waals surface area contributed by atoms with Gasteiger partial charge in [-0.1, -0.05) is 24.3 Å². The quantitative estimate of drug-likeness (QED) is 0.0480. The lowest BCUT2D eigenvalue weighted by atomic mass is 9.92. The van der Waals surface area contributed by atoms with E-state index in [1.54, 1.807) is 0 Å². The summed E-state index contributed by atoms with van der Waals surface area (Å²) in [6.07, 6.45) is 2.99. The molecule has 478 valence electrons. The van der Waals surface area contributed by atoms with Crippen molar-refractivity contribution in [2.24, 2.45) is 0 Å². The zero-order valence-corrected chi connectivity index (χ0v) is 55.2. The SMILES string of the molecule is CCOc1cc2c(OCC)cc1Cc1cc(OCC)c(cc1OCC)Cc1cc(OCC)c(cc1OCC)Cc1cc(OCC)c(cc1OCC)Cc1cc(OCC)c(cc1OCC)Cc1cc(OCC)c(cc1OCC)C2.[C-]#[N+]Cc1ccc(C[N+]#[C-])cc1. The van der Waals surface area contributed by atoms with Crippen molar-refractivity contribution in [2.45, 2.75) is 135 Å². The van der Waals surface area contributed by atoms with E-state index >= 15 is 0 Å². The van der Waals surface area contributed by atoms with E-state index in [1.807, 2.05) is 107 Å². The van der Waals surface area contributed by atoms with E-state index in [2.05, 4.69) is 82.5 Å². The highest BCUT2D eigenvalue weighted by molar-refractivity contribution is 5.60. The van der Waals surface area contributed by atoms with Crippen molar-refractivity contribution in [3.8, 4) is 69.0 Å². The molecule has 0 aromatic heterocycles. The summed E-state index contributed by atoms with van der Waals surface area (Å²) in [5.41, 5.74) is 13.6. The summed E-state index contributed by atoms with van der Waals surface area (Å²) in [6, 6.07) is 33.0. The van der Waals surface area contributed by atoms with Crippen LogP contribution < -0.4 is 56.8 Å². The summed E-state index contributed by atoms with van der Waals surface area (Å²) in [6.45, 7) is 44.0. The van der Waals surface area contributed by atoms with Crippen molar-refractivity contribution in [2.75, 3.05) is 79.3 Å². The van der Waals surface area contributed by atoms with Crippen LogP contribution >= 0.6 is 0 Å². The van der Waals surface area contributed by atoms with Gasteiger partial charge in [0.25, 0.3) is 0 Å². The minimum Gasteiger partial charge on any atom is -0.494 e. The number of benzene rings is 7. The van der Waals surface area contributed by atoms with Gasteiger partial charge in [-0.2, -0.15) is 0 Å². The van der Waals surface area contributed by atoms with Gasteiger partial charge in [-0.05, 0) is 156 Å². The second-order valence-corrected chi connectivity index (χ2v) is 21.1. The molecular formula is C76H92N2O12. The zero-order valence-electron chi connectivity index (χ0n) is 55.2. The minimum absolute atomic E-state index is 0.429. The molecule has 0 aliphatic heterocycles. The van der Waals surface area contributed by atoms with Gasteiger partial charge in [0.15, 0.2) is 0 Å². The van der Waals surface area contributed by atoms with E-state index in [1.165, 1.54) is 0 Å². The van der Waals surface area contributed by atoms with Crippen LogP contribution in [-0.2, 0) is 51.6 Å². The fourth-order valence-electron chi connectivity index (χ4n) is 11.2. The van der Waals surface area contributed by atoms with Crippen LogP contribution in [0.1, 0.15) is 161 Å². The molecule has 0 atom stereocenters. The molecule has 0 spiro atoms. The molecule has 90 heavy (non-hydrogen) atoms. The lowest BCUT2D eigenvalue weighted by Crippen LogP contribution is -2.09. The molecule has 16 aliphatic rings. The van der Waals surface area contributed by atoms with Gasteiger partial charge in [0.05, 0.1) is 79.3 Å². The van der Waals surface area contributed by atoms with E-state index < -0.39 is 0 Å². The van der Waals surface area contributed by atoms with Crippen LogP contribution in [0.3, 0.4) is 0 Å². The maximum atomic E-state index is 6.65. The third kappa shape index (κ3) is 18.1. The molecule has 0 N–H and O–H groups in total. The Labute approximate surface area is 535 Å². The van der Waals surface area contributed by atoms with Crippen LogP contribution in [-0.4, -0.2) is 79.3 Å². The van der Waals surface area contributed by atoms with Gasteiger partial charge < -0.3 is 66.5 Å². The fraction of sp³-hybridized carbons (Fsp3) is 0.421. The van der Waals surface area contributed by atoms with Crippen molar-refractivity contribution in [1.29, 1.82) is 0 Å². The normalized spacial score (nSPS) is 11.7. The highest BCUT2D eigenvalue weighted by atomic mass is 16.5. The van der Waals surface area contributed by atoms with E-state index in [4.69, 9.17) is 70.0 Å². The van der Waals surface area contributed by atoms with Crippen molar-refractivity contribution in [1.82, 2.24) is 0 Å². The minimum atomic E-state index is 0.429. The number of hydrogen-bond acceptors (Lipinski definition) is 12. The summed E-state index contributed by atoms with van der Waals surface area (Å²) in [4.78, 5) is 6.54. The predicted octanol–water partition coefficient (Wildman–Crippen LogP) is 16.9. The predicted molar refractivity (Wildman–Crippen MR) is 357 cm³/mol. The Kier molecular flexibility index (Phi) is 26.9. The molecule has 0 fully saturated rings. The van der Waals surface area contributed by atoms with E-state index in [-0.39, 0.29) is 0 Å². The van der Waals surface area contributed by atoms with Crippen LogP contribution in [0.25, 0.3) is 9.69 Å². The maximum absolute atomic E-state index is 6.65. The standard InChI is InChI=1S/C66H84O12.C10H8N2/c1-13-67-55-31-44-26-46-34-60(72-18-6)48(36-59(46)71-17-5)28-50-38-64(76-22-10)52(40-63(50)75-21-9)30-54-42-65(77-23-11)53(41-66(54)78-24-12)29-51-39-61(73-19-7)49(37-62(51)74-20-8)27-47-35-57(69-15-3)45(33-58(47)70-16-4)25-43(55)32-56(44)68-14-2;1-11-7-9-3-5-10(6-4-9)8-12-2/h31-42H,13-30H2,1-12H3;3-6H,7-8H2. The highest BCUT2D eigenvalue weighted by Crippen LogP contribution is 2.44. The number of nitrogens with zero attached hydrogens (tertiary/aromatic N) is 2. The summed E-state index contributed by atoms with van der Waals surface area (Å²) in [5.74, 6) is 9.17. The first-order valence-electron chi connectivity index (χ1n) is 32.2. The molecule has 16 aliphatic carbocycles. The van der Waals surface area contributed by atoms with Crippen LogP contribution in [0.15, 0.2) is 97.1 Å². The molecule has 0 amide bonds. The van der Waals surface area contributed by atoms with E-state index in [9.17, 15) is 0 Å². The average Bonchev–Trinajstić information content (AvgIpc) is 0.882. The summed E-state index contributed by atoms with van der Waals surface area (Å²) in [5, 5.41) is 0. The number of rotatable bonds is 26. The highest BCUT2D eigenvalue weighted by Gasteiger charge is 2.25. The Morgan fingerprint density at radius 3 is 0.422 bits per heavy atom. The molecule has 0 radical (unpaired) electrons. The second kappa shape index (κ2) is 35.3. The third-order valence-corrected chi connectivity index (χ3v) is 14.9. The first kappa shape index (κ1) is 68.6. The lowest BCUT2D eigenvalue weighted by Gasteiger charge is -2.23. The molecular weight excluding hydrogens is 1130 g/mol. The first-order valence-corrected chi connectivity index (χ1v) is 32.2. The fourth-order valence-corrected chi connectivity index (χ4v) is 11.2.